The first-order valence-corrected chi connectivity index (χ1v) is 7.22. The van der Waals surface area contributed by atoms with E-state index in [2.05, 4.69) is 30.1 Å². The molecule has 0 bridgehead atoms. The van der Waals surface area contributed by atoms with Gasteiger partial charge in [0, 0.05) is 16.8 Å². The van der Waals surface area contributed by atoms with Crippen molar-refractivity contribution in [2.75, 3.05) is 33.3 Å². The van der Waals surface area contributed by atoms with Gasteiger partial charge in [0.1, 0.15) is 5.75 Å². The molecule has 1 heterocycles. The van der Waals surface area contributed by atoms with Crippen molar-refractivity contribution >= 4 is 11.3 Å². The van der Waals surface area contributed by atoms with Crippen molar-refractivity contribution in [1.82, 2.24) is 10.2 Å². The predicted molar refractivity (Wildman–Crippen MR) is 75.0 cm³/mol. The molecule has 0 atom stereocenters. The van der Waals surface area contributed by atoms with Gasteiger partial charge in [0.05, 0.1) is 7.11 Å². The molecule has 1 N–H and O–H groups in total. The van der Waals surface area contributed by atoms with Crippen LogP contribution in [0.2, 0.25) is 0 Å². The molecule has 0 fully saturated rings. The third-order valence-corrected chi connectivity index (χ3v) is 3.80. The largest absolute Gasteiger partial charge is 0.496 e. The highest BCUT2D eigenvalue weighted by atomic mass is 32.1. The predicted octanol–water partition coefficient (Wildman–Crippen LogP) is 2.58. The monoisotopic (exact) mass is 256 g/mol. The Kier molecular flexibility index (Phi) is 7.24. The Hall–Kier alpha value is -0.580. The minimum Gasteiger partial charge on any atom is -0.496 e. The summed E-state index contributed by atoms with van der Waals surface area (Å²) in [5, 5.41) is 5.52. The van der Waals surface area contributed by atoms with Gasteiger partial charge in [0.15, 0.2) is 0 Å². The standard InChI is InChI=1S/C13H24N2OS/c1-4-15(5-2)8-6-7-14-10-13-9-12(16-3)11-17-13/h9,11,14H,4-8,10H2,1-3H3. The molecule has 4 heteroatoms. The van der Waals surface area contributed by atoms with Crippen LogP contribution in [0.25, 0.3) is 0 Å². The zero-order valence-electron chi connectivity index (χ0n) is 11.2. The van der Waals surface area contributed by atoms with Gasteiger partial charge in [-0.1, -0.05) is 13.8 Å². The van der Waals surface area contributed by atoms with Gasteiger partial charge in [-0.15, -0.1) is 11.3 Å². The molecule has 0 aromatic carbocycles. The lowest BCUT2D eigenvalue weighted by molar-refractivity contribution is 0.298. The average Bonchev–Trinajstić information content (AvgIpc) is 2.82. The van der Waals surface area contributed by atoms with Crippen LogP contribution in [0, 0.1) is 0 Å². The second-order valence-corrected chi connectivity index (χ2v) is 5.01. The number of rotatable bonds is 9. The van der Waals surface area contributed by atoms with Crippen molar-refractivity contribution in [3.63, 3.8) is 0 Å². The Labute approximate surface area is 109 Å². The van der Waals surface area contributed by atoms with Gasteiger partial charge < -0.3 is 15.0 Å². The van der Waals surface area contributed by atoms with Gasteiger partial charge in [-0.2, -0.15) is 0 Å². The van der Waals surface area contributed by atoms with Crippen LogP contribution < -0.4 is 10.1 Å². The van der Waals surface area contributed by atoms with Gasteiger partial charge in [0.25, 0.3) is 0 Å². The first-order valence-electron chi connectivity index (χ1n) is 6.34. The summed E-state index contributed by atoms with van der Waals surface area (Å²) >= 11 is 1.75. The summed E-state index contributed by atoms with van der Waals surface area (Å²) in [6.45, 7) is 9.96. The summed E-state index contributed by atoms with van der Waals surface area (Å²) in [6, 6.07) is 2.10. The summed E-state index contributed by atoms with van der Waals surface area (Å²) in [7, 11) is 1.71. The number of hydrogen-bond acceptors (Lipinski definition) is 4. The van der Waals surface area contributed by atoms with Crippen LogP contribution in [0.15, 0.2) is 11.4 Å². The van der Waals surface area contributed by atoms with Crippen molar-refractivity contribution in [2.45, 2.75) is 26.8 Å². The molecule has 0 radical (unpaired) electrons. The summed E-state index contributed by atoms with van der Waals surface area (Å²) in [5.74, 6) is 0.968. The van der Waals surface area contributed by atoms with Gasteiger partial charge in [0.2, 0.25) is 0 Å². The number of nitrogens with one attached hydrogen (secondary N) is 1. The number of thiophene rings is 1. The van der Waals surface area contributed by atoms with E-state index < -0.39 is 0 Å². The summed E-state index contributed by atoms with van der Waals surface area (Å²) in [4.78, 5) is 3.79. The molecular formula is C13H24N2OS. The first kappa shape index (κ1) is 14.5. The Morgan fingerprint density at radius 2 is 2.12 bits per heavy atom. The molecule has 1 aromatic heterocycles. The number of ether oxygens (including phenoxy) is 1. The van der Waals surface area contributed by atoms with Crippen LogP contribution in [0.5, 0.6) is 5.75 Å². The highest BCUT2D eigenvalue weighted by Gasteiger charge is 2.00. The lowest BCUT2D eigenvalue weighted by Crippen LogP contribution is -2.27. The quantitative estimate of drug-likeness (QED) is 0.687. The van der Waals surface area contributed by atoms with E-state index in [1.165, 1.54) is 17.8 Å². The Morgan fingerprint density at radius 3 is 2.71 bits per heavy atom. The van der Waals surface area contributed by atoms with Gasteiger partial charge >= 0.3 is 0 Å². The normalized spacial score (nSPS) is 11.1. The van der Waals surface area contributed by atoms with E-state index in [9.17, 15) is 0 Å². The van der Waals surface area contributed by atoms with Gasteiger partial charge in [-0.3, -0.25) is 0 Å². The highest BCUT2D eigenvalue weighted by Crippen LogP contribution is 2.20. The fourth-order valence-electron chi connectivity index (χ4n) is 1.74. The Morgan fingerprint density at radius 1 is 1.35 bits per heavy atom. The topological polar surface area (TPSA) is 24.5 Å². The number of hydrogen-bond donors (Lipinski definition) is 1. The number of nitrogens with zero attached hydrogens (tertiary/aromatic N) is 1. The molecule has 98 valence electrons. The van der Waals surface area contributed by atoms with Crippen molar-refractivity contribution in [1.29, 1.82) is 0 Å². The molecule has 1 rings (SSSR count). The van der Waals surface area contributed by atoms with Crippen molar-refractivity contribution in [3.05, 3.63) is 16.3 Å². The van der Waals surface area contributed by atoms with E-state index in [-0.39, 0.29) is 0 Å². The van der Waals surface area contributed by atoms with E-state index in [0.717, 1.165) is 31.9 Å². The third-order valence-electron chi connectivity index (χ3n) is 2.89. The SMILES string of the molecule is CCN(CC)CCCNCc1cc(OC)cs1. The average molecular weight is 256 g/mol. The first-order chi connectivity index (χ1) is 8.30. The van der Waals surface area contributed by atoms with Crippen LogP contribution >= 0.6 is 11.3 Å². The van der Waals surface area contributed by atoms with E-state index >= 15 is 0 Å². The maximum absolute atomic E-state index is 5.16. The molecule has 1 aromatic rings. The third kappa shape index (κ3) is 5.52. The fourth-order valence-corrected chi connectivity index (χ4v) is 2.54. The lowest BCUT2D eigenvalue weighted by Gasteiger charge is -2.17. The van der Waals surface area contributed by atoms with Crippen LogP contribution in [0.3, 0.4) is 0 Å². The number of methoxy groups -OCH3 is 1. The van der Waals surface area contributed by atoms with Crippen LogP contribution in [-0.2, 0) is 6.54 Å². The lowest BCUT2D eigenvalue weighted by atomic mass is 10.3. The zero-order valence-corrected chi connectivity index (χ0v) is 12.0. The Balaban J connectivity index is 2.07. The molecular weight excluding hydrogens is 232 g/mol. The molecule has 0 aliphatic heterocycles. The van der Waals surface area contributed by atoms with E-state index in [1.807, 2.05) is 5.38 Å². The Bertz CT molecular complexity index is 297. The van der Waals surface area contributed by atoms with E-state index in [0.29, 0.717) is 0 Å². The van der Waals surface area contributed by atoms with Crippen LogP contribution in [0.1, 0.15) is 25.1 Å². The molecule has 0 aliphatic rings. The fraction of sp³-hybridized carbons (Fsp3) is 0.692. The van der Waals surface area contributed by atoms with Crippen LogP contribution in [-0.4, -0.2) is 38.2 Å². The summed E-state index contributed by atoms with van der Waals surface area (Å²) in [6.07, 6.45) is 1.21. The summed E-state index contributed by atoms with van der Waals surface area (Å²) in [5.41, 5.74) is 0. The molecule has 0 saturated heterocycles. The van der Waals surface area contributed by atoms with Gasteiger partial charge in [-0.05, 0) is 38.7 Å². The molecule has 0 aliphatic carbocycles. The highest BCUT2D eigenvalue weighted by molar-refractivity contribution is 7.10. The minimum absolute atomic E-state index is 0.951. The molecule has 0 amide bonds. The van der Waals surface area contributed by atoms with Crippen molar-refractivity contribution < 1.29 is 4.74 Å². The smallest absolute Gasteiger partial charge is 0.129 e. The van der Waals surface area contributed by atoms with Crippen molar-refractivity contribution in [2.24, 2.45) is 0 Å². The summed E-state index contributed by atoms with van der Waals surface area (Å²) < 4.78 is 5.16. The minimum atomic E-state index is 0.951. The molecule has 17 heavy (non-hydrogen) atoms. The van der Waals surface area contributed by atoms with Crippen molar-refractivity contribution in [3.8, 4) is 5.75 Å². The van der Waals surface area contributed by atoms with Crippen LogP contribution in [0.4, 0.5) is 0 Å². The zero-order chi connectivity index (χ0) is 12.5. The molecule has 3 nitrogen and oxygen atoms in total. The van der Waals surface area contributed by atoms with Gasteiger partial charge in [-0.25, -0.2) is 0 Å². The second-order valence-electron chi connectivity index (χ2n) is 4.01. The van der Waals surface area contributed by atoms with E-state index in [1.54, 1.807) is 18.4 Å². The maximum atomic E-state index is 5.16. The molecule has 0 spiro atoms. The second kappa shape index (κ2) is 8.50. The maximum Gasteiger partial charge on any atom is 0.129 e. The molecule has 0 saturated carbocycles. The van der Waals surface area contributed by atoms with E-state index in [4.69, 9.17) is 4.74 Å². The molecule has 0 unspecified atom stereocenters.